The Bertz CT molecular complexity index is 77.0. The molecule has 1 aliphatic rings. The molecule has 3 heteroatoms. The molecule has 0 N–H and O–H groups in total. The molecule has 0 aromatic carbocycles. The van der Waals surface area contributed by atoms with Crippen molar-refractivity contribution in [3.8, 4) is 0 Å². The first-order valence-corrected chi connectivity index (χ1v) is 5.01. The third kappa shape index (κ3) is 10.5. The summed E-state index contributed by atoms with van der Waals surface area (Å²) in [6.45, 7) is 8.17. The monoisotopic (exact) mass is 174 g/mol. The molecule has 1 aliphatic heterocycles. The Morgan fingerprint density at radius 2 is 1.55 bits per heavy atom. The summed E-state index contributed by atoms with van der Waals surface area (Å²) < 4.78 is 10.0. The van der Waals surface area contributed by atoms with E-state index in [9.17, 15) is 0 Å². The Labute approximate surface area is 78.0 Å². The number of hydrogen-bond acceptors (Lipinski definition) is 2. The molecule has 2 nitrogen and oxygen atoms in total. The molecule has 0 aromatic heterocycles. The van der Waals surface area contributed by atoms with Crippen LogP contribution in [0.2, 0.25) is 0 Å². The minimum absolute atomic E-state index is 0.103. The average molecular weight is 174 g/mol. The Kier molecular flexibility index (Phi) is 6.27. The normalized spacial score (nSPS) is 17.4. The maximum Gasteiger partial charge on any atom is 0.410 e. The fourth-order valence-corrected chi connectivity index (χ4v) is 0.510. The Hall–Kier alpha value is 0.452. The Morgan fingerprint density at radius 1 is 1.18 bits per heavy atom. The van der Waals surface area contributed by atoms with Crippen molar-refractivity contribution in [3.05, 3.63) is 0 Å². The minimum Gasteiger partial charge on any atom is -0.502 e. The summed E-state index contributed by atoms with van der Waals surface area (Å²) in [5.41, 5.74) is 0.103. The van der Waals surface area contributed by atoms with Crippen LogP contribution in [0.3, 0.4) is 0 Å². The summed E-state index contributed by atoms with van der Waals surface area (Å²) in [5, 5.41) is 0. The fraction of sp³-hybridized carbons (Fsp3) is 1.00. The van der Waals surface area contributed by atoms with Gasteiger partial charge < -0.3 is 8.53 Å². The molecule has 0 aromatic rings. The summed E-state index contributed by atoms with van der Waals surface area (Å²) in [6, 6.07) is 0. The van der Waals surface area contributed by atoms with Gasteiger partial charge in [0, 0.05) is 18.8 Å². The smallest absolute Gasteiger partial charge is 0.410 e. The lowest BCUT2D eigenvalue weighted by atomic mass is 10.2. The van der Waals surface area contributed by atoms with Crippen LogP contribution in [0.25, 0.3) is 0 Å². The van der Waals surface area contributed by atoms with Crippen LogP contribution < -0.4 is 0 Å². The first kappa shape index (κ1) is 11.5. The van der Waals surface area contributed by atoms with E-state index in [0.717, 1.165) is 29.8 Å². The molecule has 1 rings (SSSR count). The van der Waals surface area contributed by atoms with Crippen molar-refractivity contribution in [3.63, 3.8) is 0 Å². The van der Waals surface area contributed by atoms with E-state index in [-0.39, 0.29) is 5.60 Å². The quantitative estimate of drug-likeness (QED) is 0.513. The molecule has 0 aliphatic carbocycles. The minimum atomic E-state index is 0.103. The molecular weight excluding hydrogens is 155 g/mol. The molecule has 0 atom stereocenters. The molecule has 66 valence electrons. The lowest BCUT2D eigenvalue weighted by Gasteiger charge is -2.16. The van der Waals surface area contributed by atoms with Gasteiger partial charge in [0.05, 0.1) is 0 Å². The summed E-state index contributed by atoms with van der Waals surface area (Å²) in [6.07, 6.45) is 2.56. The largest absolute Gasteiger partial charge is 0.502 e. The maximum absolute atomic E-state index is 5.08. The van der Waals surface area contributed by atoms with Crippen molar-refractivity contribution >= 4 is 16.6 Å². The van der Waals surface area contributed by atoms with Crippen molar-refractivity contribution < 1.29 is 8.53 Å². The molecule has 0 amide bonds. The first-order chi connectivity index (χ1) is 5.06. The van der Waals surface area contributed by atoms with Crippen LogP contribution in [-0.4, -0.2) is 35.4 Å². The van der Waals surface area contributed by atoms with Crippen LogP contribution in [0.4, 0.5) is 0 Å². The van der Waals surface area contributed by atoms with Gasteiger partial charge >= 0.3 is 16.6 Å². The van der Waals surface area contributed by atoms with Gasteiger partial charge in [0.15, 0.2) is 0 Å². The first-order valence-electron chi connectivity index (χ1n) is 4.19. The highest BCUT2D eigenvalue weighted by Gasteiger charge is 2.02. The maximum atomic E-state index is 5.08. The lowest BCUT2D eigenvalue weighted by Crippen LogP contribution is -2.16. The van der Waals surface area contributed by atoms with Crippen LogP contribution in [0.1, 0.15) is 33.6 Å². The van der Waals surface area contributed by atoms with Gasteiger partial charge in [0.2, 0.25) is 0 Å². The summed E-state index contributed by atoms with van der Waals surface area (Å²) in [4.78, 5) is 0. The molecule has 1 saturated heterocycles. The Balaban J connectivity index is 0.000000183. The third-order valence-electron chi connectivity index (χ3n) is 1.44. The summed E-state index contributed by atoms with van der Waals surface area (Å²) >= 11 is 0.848. The van der Waals surface area contributed by atoms with Gasteiger partial charge in [-0.2, -0.15) is 0 Å². The highest BCUT2D eigenvalue weighted by molar-refractivity contribution is 5.98. The van der Waals surface area contributed by atoms with E-state index in [2.05, 4.69) is 20.8 Å². The molecule has 0 unspecified atom stereocenters. The van der Waals surface area contributed by atoms with E-state index in [1.54, 1.807) is 0 Å². The number of ether oxygens (including phenoxy) is 1. The van der Waals surface area contributed by atoms with Gasteiger partial charge in [-0.1, -0.05) is 0 Å². The highest BCUT2D eigenvalue weighted by atomic mass is 27.1. The number of rotatable bonds is 0. The van der Waals surface area contributed by atoms with Gasteiger partial charge in [-0.05, 0) is 33.6 Å². The molecule has 0 radical (unpaired) electrons. The van der Waals surface area contributed by atoms with Crippen molar-refractivity contribution in [1.82, 2.24) is 0 Å². The summed E-state index contributed by atoms with van der Waals surface area (Å²) in [5.74, 6) is 0. The standard InChI is InChI=1S/C4H8O.C4H9O.Al.2H/c1-2-4-5-3-1;1-4(2,3)5;;;/h1-4H2;1-3H3;;;/q;-1;+1;;. The molecule has 0 bridgehead atoms. The van der Waals surface area contributed by atoms with Crippen molar-refractivity contribution in [1.29, 1.82) is 0 Å². The van der Waals surface area contributed by atoms with Crippen LogP contribution in [0, 0.1) is 0 Å². The Morgan fingerprint density at radius 3 is 1.64 bits per heavy atom. The zero-order valence-corrected chi connectivity index (χ0v) is 10.1. The number of hydrogen-bond donors (Lipinski definition) is 0. The van der Waals surface area contributed by atoms with E-state index >= 15 is 0 Å². The second-order valence-electron chi connectivity index (χ2n) is 3.64. The molecule has 0 spiro atoms. The van der Waals surface area contributed by atoms with E-state index in [1.807, 2.05) is 0 Å². The second kappa shape index (κ2) is 6.02. The third-order valence-corrected chi connectivity index (χ3v) is 2.66. The lowest BCUT2D eigenvalue weighted by molar-refractivity contribution is 0.147. The van der Waals surface area contributed by atoms with Crippen LogP contribution in [-0.2, 0) is 8.53 Å². The van der Waals surface area contributed by atoms with Gasteiger partial charge in [-0.15, -0.1) is 0 Å². The van der Waals surface area contributed by atoms with Gasteiger partial charge in [-0.3, -0.25) is 0 Å². The average Bonchev–Trinajstić information content (AvgIpc) is 2.41. The van der Waals surface area contributed by atoms with Crippen LogP contribution in [0.15, 0.2) is 0 Å². The SMILES string of the molecule is C1CCOC1.CC(C)(C)[O][AlH2]. The van der Waals surface area contributed by atoms with Crippen LogP contribution in [0.5, 0.6) is 0 Å². The van der Waals surface area contributed by atoms with Gasteiger partial charge in [0.25, 0.3) is 0 Å². The van der Waals surface area contributed by atoms with Gasteiger partial charge in [0.1, 0.15) is 0 Å². The molecule has 1 heterocycles. The summed E-state index contributed by atoms with van der Waals surface area (Å²) in [7, 11) is 0. The predicted octanol–water partition coefficient (Wildman–Crippen LogP) is 1.15. The highest BCUT2D eigenvalue weighted by Crippen LogP contribution is 2.01. The molecule has 0 saturated carbocycles. The van der Waals surface area contributed by atoms with E-state index in [4.69, 9.17) is 8.53 Å². The van der Waals surface area contributed by atoms with Crippen molar-refractivity contribution in [2.45, 2.75) is 39.2 Å². The van der Waals surface area contributed by atoms with Crippen molar-refractivity contribution in [2.24, 2.45) is 0 Å². The molecular formula is C8H19AlO2. The van der Waals surface area contributed by atoms with E-state index < -0.39 is 0 Å². The van der Waals surface area contributed by atoms with E-state index in [0.29, 0.717) is 0 Å². The van der Waals surface area contributed by atoms with Crippen molar-refractivity contribution in [2.75, 3.05) is 13.2 Å². The zero-order valence-electron chi connectivity index (χ0n) is 8.14. The topological polar surface area (TPSA) is 18.5 Å². The van der Waals surface area contributed by atoms with E-state index in [1.165, 1.54) is 12.8 Å². The zero-order chi connectivity index (χ0) is 8.74. The second-order valence-corrected chi connectivity index (χ2v) is 4.04. The molecule has 11 heavy (non-hydrogen) atoms. The fourth-order valence-electron chi connectivity index (χ4n) is 0.510. The van der Waals surface area contributed by atoms with Gasteiger partial charge in [-0.25, -0.2) is 0 Å². The predicted molar refractivity (Wildman–Crippen MR) is 49.4 cm³/mol. The molecule has 1 fully saturated rings. The van der Waals surface area contributed by atoms with Crippen LogP contribution >= 0.6 is 0 Å².